The van der Waals surface area contributed by atoms with Crippen LogP contribution in [0.3, 0.4) is 0 Å². The Morgan fingerprint density at radius 3 is 1.24 bits per heavy atom. The Kier molecular flexibility index (Phi) is 7.84. The van der Waals surface area contributed by atoms with E-state index in [1.54, 1.807) is 0 Å². The molecule has 0 N–H and O–H groups in total. The number of benzene rings is 9. The summed E-state index contributed by atoms with van der Waals surface area (Å²) in [7, 11) is 0. The maximum Gasteiger partial charge on any atom is 0.164 e. The van der Waals surface area contributed by atoms with Gasteiger partial charge >= 0.3 is 0 Å². The van der Waals surface area contributed by atoms with Crippen LogP contribution in [0.25, 0.3) is 111 Å². The molecular weight excluding hydrogens is 705 g/mol. The van der Waals surface area contributed by atoms with Gasteiger partial charge in [0, 0.05) is 16.7 Å². The van der Waals surface area contributed by atoms with E-state index >= 15 is 0 Å². The van der Waals surface area contributed by atoms with Crippen LogP contribution < -0.4 is 0 Å². The average molecular weight is 737 g/mol. The molecule has 4 heteroatoms. The highest BCUT2D eigenvalue weighted by Gasteiger charge is 2.25. The number of hydrogen-bond donors (Lipinski definition) is 0. The van der Waals surface area contributed by atoms with Crippen molar-refractivity contribution in [2.24, 2.45) is 0 Å². The lowest BCUT2D eigenvalue weighted by atomic mass is 9.87. The molecule has 0 saturated heterocycles. The lowest BCUT2D eigenvalue weighted by Crippen LogP contribution is -2.00. The number of fused-ring (bicyclic) bond motifs is 4. The average Bonchev–Trinajstić information content (AvgIpc) is 3.63. The zero-order valence-electron chi connectivity index (χ0n) is 31.3. The van der Waals surface area contributed by atoms with E-state index in [9.17, 15) is 5.26 Å². The van der Waals surface area contributed by atoms with Crippen LogP contribution in [0.1, 0.15) is 5.56 Å². The van der Waals surface area contributed by atoms with Gasteiger partial charge in [-0.3, -0.25) is 0 Å². The summed E-state index contributed by atoms with van der Waals surface area (Å²) in [5.41, 5.74) is 15.4. The van der Waals surface area contributed by atoms with E-state index in [-0.39, 0.29) is 0 Å². The molecule has 0 aliphatic heterocycles. The predicted octanol–water partition coefficient (Wildman–Crippen LogP) is 13.7. The molecule has 0 amide bonds. The van der Waals surface area contributed by atoms with Gasteiger partial charge in [0.2, 0.25) is 0 Å². The molecule has 4 nitrogen and oxygen atoms in total. The highest BCUT2D eigenvalue weighted by molar-refractivity contribution is 6.22. The minimum absolute atomic E-state index is 0.634. The van der Waals surface area contributed by atoms with Crippen molar-refractivity contribution in [3.05, 3.63) is 200 Å². The first kappa shape index (κ1) is 33.3. The maximum atomic E-state index is 9.27. The number of hydrogen-bond acceptors (Lipinski definition) is 4. The number of aromatic nitrogens is 3. The van der Waals surface area contributed by atoms with Crippen LogP contribution in [0.4, 0.5) is 0 Å². The highest BCUT2D eigenvalue weighted by atomic mass is 15.0. The predicted molar refractivity (Wildman–Crippen MR) is 237 cm³/mol. The van der Waals surface area contributed by atoms with Gasteiger partial charge in [-0.05, 0) is 101 Å². The highest BCUT2D eigenvalue weighted by Crippen LogP contribution is 2.52. The van der Waals surface area contributed by atoms with Gasteiger partial charge in [0.25, 0.3) is 0 Å². The van der Waals surface area contributed by atoms with Crippen LogP contribution in [0.15, 0.2) is 194 Å². The van der Waals surface area contributed by atoms with Gasteiger partial charge < -0.3 is 0 Å². The van der Waals surface area contributed by atoms with E-state index in [1.807, 2.05) is 84.9 Å². The van der Waals surface area contributed by atoms with Crippen LogP contribution in [0.2, 0.25) is 0 Å². The molecule has 58 heavy (non-hydrogen) atoms. The molecule has 0 bridgehead atoms. The van der Waals surface area contributed by atoms with Crippen molar-refractivity contribution in [3.63, 3.8) is 0 Å². The second-order valence-electron chi connectivity index (χ2n) is 14.7. The Morgan fingerprint density at radius 1 is 0.293 bits per heavy atom. The summed E-state index contributed by atoms with van der Waals surface area (Å²) in [5, 5.41) is 14.1. The fourth-order valence-electron chi connectivity index (χ4n) is 8.44. The molecule has 1 heterocycles. The fourth-order valence-corrected chi connectivity index (χ4v) is 8.44. The Balaban J connectivity index is 1.04. The molecule has 0 fully saturated rings. The Morgan fingerprint density at radius 2 is 0.690 bits per heavy atom. The van der Waals surface area contributed by atoms with Crippen molar-refractivity contribution < 1.29 is 0 Å². The fraction of sp³-hybridized carbons (Fsp3) is 0. The Bertz CT molecular complexity index is 3170. The quantitative estimate of drug-likeness (QED) is 0.170. The van der Waals surface area contributed by atoms with Crippen LogP contribution >= 0.6 is 0 Å². The van der Waals surface area contributed by atoms with E-state index in [0.29, 0.717) is 23.0 Å². The first-order valence-corrected chi connectivity index (χ1v) is 19.4. The monoisotopic (exact) mass is 736 g/mol. The topological polar surface area (TPSA) is 62.5 Å². The van der Waals surface area contributed by atoms with Crippen molar-refractivity contribution in [3.8, 4) is 95.9 Å². The van der Waals surface area contributed by atoms with Gasteiger partial charge in [-0.25, -0.2) is 15.0 Å². The molecule has 1 aliphatic carbocycles. The SMILES string of the molecule is N#Cc1ccc(-c2ccc3cc(-c4ccc5c6c(ccc(-c7ccc(-c8nc(-c9ccccc9)nc(-c9ccccc9)n8)cc7)c46)-c4ccccc4-5)ccc3c2)cc1. The smallest absolute Gasteiger partial charge is 0.164 e. The summed E-state index contributed by atoms with van der Waals surface area (Å²) in [4.78, 5) is 14.8. The van der Waals surface area contributed by atoms with E-state index in [0.717, 1.165) is 33.4 Å². The number of nitriles is 1. The minimum atomic E-state index is 0.634. The summed E-state index contributed by atoms with van der Waals surface area (Å²) in [5.74, 6) is 1.92. The molecule has 0 unspecified atom stereocenters. The van der Waals surface area contributed by atoms with Gasteiger partial charge in [-0.2, -0.15) is 5.26 Å². The molecule has 1 aromatic heterocycles. The first-order valence-electron chi connectivity index (χ1n) is 19.4. The van der Waals surface area contributed by atoms with E-state index in [1.165, 1.54) is 60.5 Å². The molecule has 0 radical (unpaired) electrons. The van der Waals surface area contributed by atoms with Gasteiger partial charge in [0.05, 0.1) is 11.6 Å². The van der Waals surface area contributed by atoms with E-state index in [2.05, 4.69) is 115 Å². The second kappa shape index (κ2) is 13.6. The summed E-state index contributed by atoms with van der Waals surface area (Å²) in [6.45, 7) is 0. The van der Waals surface area contributed by atoms with Crippen molar-refractivity contribution in [2.75, 3.05) is 0 Å². The largest absolute Gasteiger partial charge is 0.208 e. The molecule has 268 valence electrons. The van der Waals surface area contributed by atoms with Crippen LogP contribution in [0, 0.1) is 11.3 Å². The second-order valence-corrected chi connectivity index (χ2v) is 14.7. The lowest BCUT2D eigenvalue weighted by Gasteiger charge is -2.16. The van der Waals surface area contributed by atoms with Gasteiger partial charge in [0.15, 0.2) is 17.5 Å². The summed E-state index contributed by atoms with van der Waals surface area (Å²) >= 11 is 0. The van der Waals surface area contributed by atoms with E-state index < -0.39 is 0 Å². The molecule has 10 aromatic rings. The Labute approximate surface area is 336 Å². The molecule has 0 saturated carbocycles. The van der Waals surface area contributed by atoms with Crippen molar-refractivity contribution in [2.45, 2.75) is 0 Å². The van der Waals surface area contributed by atoms with Crippen LogP contribution in [0.5, 0.6) is 0 Å². The normalized spacial score (nSPS) is 11.4. The van der Waals surface area contributed by atoms with Crippen molar-refractivity contribution >= 4 is 21.5 Å². The van der Waals surface area contributed by atoms with Gasteiger partial charge in [-0.15, -0.1) is 0 Å². The number of nitrogens with zero attached hydrogens (tertiary/aromatic N) is 4. The summed E-state index contributed by atoms with van der Waals surface area (Å²) in [6, 6.07) is 70.1. The van der Waals surface area contributed by atoms with E-state index in [4.69, 9.17) is 15.0 Å². The molecule has 11 rings (SSSR count). The molecule has 0 atom stereocenters. The summed E-state index contributed by atoms with van der Waals surface area (Å²) < 4.78 is 0. The molecule has 9 aromatic carbocycles. The minimum Gasteiger partial charge on any atom is -0.208 e. The third-order valence-electron chi connectivity index (χ3n) is 11.3. The number of rotatable bonds is 6. The molecular formula is C54H32N4. The van der Waals surface area contributed by atoms with Crippen molar-refractivity contribution in [1.29, 1.82) is 5.26 Å². The molecule has 1 aliphatic rings. The van der Waals surface area contributed by atoms with Crippen LogP contribution in [-0.4, -0.2) is 15.0 Å². The van der Waals surface area contributed by atoms with Gasteiger partial charge in [0.1, 0.15) is 0 Å². The first-order chi connectivity index (χ1) is 28.7. The lowest BCUT2D eigenvalue weighted by molar-refractivity contribution is 1.07. The van der Waals surface area contributed by atoms with Crippen molar-refractivity contribution in [1.82, 2.24) is 15.0 Å². The third-order valence-corrected chi connectivity index (χ3v) is 11.3. The standard InChI is InChI=1S/C54H32N4/c55-33-34-15-17-35(18-16-34)40-23-24-42-32-43(26-25-41(42)31-40)45-28-30-49-47-14-8-7-13-46(47)48-29-27-44(50(45)51(48)49)36-19-21-39(22-20-36)54-57-52(37-9-3-1-4-10-37)56-53(58-54)38-11-5-2-6-12-38/h1-32H. The zero-order chi connectivity index (χ0) is 38.6. The Hall–Kier alpha value is -8.00. The third kappa shape index (κ3) is 5.65. The zero-order valence-corrected chi connectivity index (χ0v) is 31.3. The van der Waals surface area contributed by atoms with Crippen LogP contribution in [-0.2, 0) is 0 Å². The molecule has 0 spiro atoms. The maximum absolute atomic E-state index is 9.27. The van der Waals surface area contributed by atoms with Gasteiger partial charge in [-0.1, -0.05) is 170 Å². The summed E-state index contributed by atoms with van der Waals surface area (Å²) in [6.07, 6.45) is 0.